The molecule has 16 heteroatoms. The van der Waals surface area contributed by atoms with Gasteiger partial charge in [0.05, 0.1) is 18.9 Å². The number of nitrogens with two attached hydrogens (primary N) is 3. The van der Waals surface area contributed by atoms with Crippen molar-refractivity contribution in [2.24, 2.45) is 17.2 Å². The van der Waals surface area contributed by atoms with Gasteiger partial charge in [0, 0.05) is 29.9 Å². The monoisotopic (exact) mass is 561 g/mol. The number of aromatic nitrogens is 1. The van der Waals surface area contributed by atoms with Crippen molar-refractivity contribution in [2.45, 2.75) is 56.3 Å². The smallest absolute Gasteiger partial charge is 0.326 e. The van der Waals surface area contributed by atoms with Crippen LogP contribution in [0.1, 0.15) is 31.2 Å². The number of carbonyl (C=O) groups excluding carboxylic acids is 5. The average Bonchev–Trinajstić information content (AvgIpc) is 3.28. The van der Waals surface area contributed by atoms with E-state index in [-0.39, 0.29) is 19.3 Å². The van der Waals surface area contributed by atoms with E-state index in [2.05, 4.69) is 15.6 Å². The molecule has 0 aliphatic carbocycles. The molecule has 1 aromatic heterocycles. The van der Waals surface area contributed by atoms with E-state index in [0.29, 0.717) is 5.56 Å². The van der Waals surface area contributed by atoms with E-state index >= 15 is 0 Å². The van der Waals surface area contributed by atoms with Gasteiger partial charge in [-0.1, -0.05) is 18.2 Å². The Kier molecular flexibility index (Phi) is 11.1. The van der Waals surface area contributed by atoms with Gasteiger partial charge in [0.25, 0.3) is 0 Å². The Morgan fingerprint density at radius 1 is 0.800 bits per heavy atom. The molecule has 5 amide bonds. The number of hydrogen-bond acceptors (Lipinski definition) is 8. The first kappa shape index (κ1) is 31.2. The Balaban J connectivity index is 2.31. The Morgan fingerprint density at radius 2 is 1.40 bits per heavy atom. The van der Waals surface area contributed by atoms with Gasteiger partial charge in [-0.2, -0.15) is 0 Å². The first-order valence-corrected chi connectivity index (χ1v) is 12.0. The molecular weight excluding hydrogens is 530 g/mol. The molecular formula is C24H31N7O9. The highest BCUT2D eigenvalue weighted by atomic mass is 16.4. The molecule has 40 heavy (non-hydrogen) atoms. The number of aliphatic carboxylic acids is 2. The van der Waals surface area contributed by atoms with Crippen LogP contribution in [0.5, 0.6) is 0 Å². The second kappa shape index (κ2) is 14.2. The van der Waals surface area contributed by atoms with Crippen LogP contribution in [0.2, 0.25) is 0 Å². The van der Waals surface area contributed by atoms with Crippen LogP contribution in [0.4, 0.5) is 0 Å². The van der Waals surface area contributed by atoms with Crippen molar-refractivity contribution in [3.63, 3.8) is 0 Å². The van der Waals surface area contributed by atoms with E-state index in [1.807, 2.05) is 5.32 Å². The first-order chi connectivity index (χ1) is 18.8. The molecule has 0 spiro atoms. The number of carbonyl (C=O) groups is 7. The summed E-state index contributed by atoms with van der Waals surface area (Å²) in [6, 6.07) is 0.931. The van der Waals surface area contributed by atoms with Crippen LogP contribution in [0, 0.1) is 0 Å². The van der Waals surface area contributed by atoms with Crippen molar-refractivity contribution in [1.82, 2.24) is 20.9 Å². The lowest BCUT2D eigenvalue weighted by atomic mass is 10.0. The van der Waals surface area contributed by atoms with Crippen LogP contribution in [0.3, 0.4) is 0 Å². The van der Waals surface area contributed by atoms with Crippen molar-refractivity contribution >= 4 is 52.4 Å². The van der Waals surface area contributed by atoms with Gasteiger partial charge in [-0.25, -0.2) is 4.79 Å². The summed E-state index contributed by atoms with van der Waals surface area (Å²) in [4.78, 5) is 86.8. The van der Waals surface area contributed by atoms with Gasteiger partial charge in [-0.15, -0.1) is 0 Å². The predicted octanol–water partition coefficient (Wildman–Crippen LogP) is -2.81. The molecule has 0 radical (unpaired) electrons. The fraction of sp³-hybridized carbons (Fsp3) is 0.375. The molecule has 0 saturated heterocycles. The number of aromatic amines is 1. The van der Waals surface area contributed by atoms with Crippen LogP contribution in [-0.4, -0.2) is 80.8 Å². The summed E-state index contributed by atoms with van der Waals surface area (Å²) in [5.41, 5.74) is 17.2. The molecule has 4 atom stereocenters. The zero-order valence-electron chi connectivity index (χ0n) is 21.2. The van der Waals surface area contributed by atoms with E-state index in [4.69, 9.17) is 17.2 Å². The normalized spacial score (nSPS) is 13.8. The Bertz CT molecular complexity index is 1290. The van der Waals surface area contributed by atoms with E-state index < -0.39 is 78.5 Å². The minimum absolute atomic E-state index is 0.108. The van der Waals surface area contributed by atoms with Gasteiger partial charge in [-0.3, -0.25) is 28.8 Å². The van der Waals surface area contributed by atoms with Crippen LogP contribution >= 0.6 is 0 Å². The van der Waals surface area contributed by atoms with E-state index in [1.54, 1.807) is 30.5 Å². The minimum Gasteiger partial charge on any atom is -0.481 e. The zero-order valence-corrected chi connectivity index (χ0v) is 21.2. The molecule has 12 N–H and O–H groups in total. The van der Waals surface area contributed by atoms with Gasteiger partial charge in [-0.05, 0) is 18.1 Å². The fourth-order valence-electron chi connectivity index (χ4n) is 3.77. The highest BCUT2D eigenvalue weighted by Crippen LogP contribution is 2.19. The SMILES string of the molecule is NC(=O)CCC(N)C(=O)NC(Cc1c[nH]c2ccccc12)C(=O)NC(CC(=O)O)C(=O)NC(CC(N)=O)C(=O)O. The number of benzene rings is 1. The van der Waals surface area contributed by atoms with Crippen LogP contribution < -0.4 is 33.2 Å². The highest BCUT2D eigenvalue weighted by molar-refractivity contribution is 5.97. The standard InChI is InChI=1S/C24H31N7O9/c25-13(5-6-18(26)32)21(36)29-15(7-11-10-28-14-4-2-1-3-12(11)14)22(37)30-16(9-20(34)35)23(38)31-17(24(39)40)8-19(27)33/h1-4,10,13,15-17,28H,5-9,25H2,(H2,26,32)(H2,27,33)(H,29,36)(H,30,37)(H,31,38)(H,34,35)(H,39,40). The second-order valence-corrected chi connectivity index (χ2v) is 8.97. The van der Waals surface area contributed by atoms with Crippen molar-refractivity contribution in [1.29, 1.82) is 0 Å². The number of H-pyrrole nitrogens is 1. The molecule has 0 bridgehead atoms. The number of carboxylic acid groups (broad SMARTS) is 2. The Hall–Kier alpha value is -4.99. The van der Waals surface area contributed by atoms with E-state index in [9.17, 15) is 43.8 Å². The number of primary amides is 2. The lowest BCUT2D eigenvalue weighted by Gasteiger charge is -2.24. The Labute approximate surface area is 227 Å². The summed E-state index contributed by atoms with van der Waals surface area (Å²) in [5, 5.41) is 25.9. The molecule has 216 valence electrons. The number of nitrogens with one attached hydrogen (secondary N) is 4. The molecule has 2 rings (SSSR count). The maximum atomic E-state index is 13.3. The molecule has 16 nitrogen and oxygen atoms in total. The summed E-state index contributed by atoms with van der Waals surface area (Å²) >= 11 is 0. The van der Waals surface area contributed by atoms with Crippen molar-refractivity contribution in [3.05, 3.63) is 36.0 Å². The highest BCUT2D eigenvalue weighted by Gasteiger charge is 2.32. The topological polar surface area (TPSA) is 290 Å². The summed E-state index contributed by atoms with van der Waals surface area (Å²) in [7, 11) is 0. The van der Waals surface area contributed by atoms with E-state index in [1.165, 1.54) is 0 Å². The quantitative estimate of drug-likeness (QED) is 0.101. The lowest BCUT2D eigenvalue weighted by Crippen LogP contribution is -2.58. The van der Waals surface area contributed by atoms with Gasteiger partial charge >= 0.3 is 11.9 Å². The average molecular weight is 562 g/mol. The number of amides is 5. The van der Waals surface area contributed by atoms with Crippen LogP contribution in [0.15, 0.2) is 30.5 Å². The van der Waals surface area contributed by atoms with Crippen molar-refractivity contribution in [2.75, 3.05) is 0 Å². The molecule has 1 aromatic carbocycles. The zero-order chi connectivity index (χ0) is 30.0. The number of carboxylic acids is 2. The van der Waals surface area contributed by atoms with Crippen molar-refractivity contribution in [3.8, 4) is 0 Å². The molecule has 1 heterocycles. The Morgan fingerprint density at radius 3 is 2.00 bits per heavy atom. The van der Waals surface area contributed by atoms with Crippen LogP contribution in [-0.2, 0) is 40.0 Å². The molecule has 0 aliphatic heterocycles. The third-order valence-electron chi connectivity index (χ3n) is 5.80. The maximum Gasteiger partial charge on any atom is 0.326 e. The van der Waals surface area contributed by atoms with Crippen LogP contribution in [0.25, 0.3) is 10.9 Å². The number of rotatable bonds is 16. The molecule has 0 saturated carbocycles. The molecule has 0 fully saturated rings. The van der Waals surface area contributed by atoms with E-state index in [0.717, 1.165) is 10.9 Å². The summed E-state index contributed by atoms with van der Waals surface area (Å²) in [6.45, 7) is 0. The van der Waals surface area contributed by atoms with Crippen molar-refractivity contribution < 1.29 is 43.8 Å². The summed E-state index contributed by atoms with van der Waals surface area (Å²) in [5.74, 6) is -7.85. The minimum atomic E-state index is -1.79. The number of fused-ring (bicyclic) bond motifs is 1. The fourth-order valence-corrected chi connectivity index (χ4v) is 3.77. The largest absolute Gasteiger partial charge is 0.481 e. The summed E-state index contributed by atoms with van der Waals surface area (Å²) in [6.07, 6.45) is -0.546. The number of hydrogen-bond donors (Lipinski definition) is 9. The first-order valence-electron chi connectivity index (χ1n) is 12.0. The van der Waals surface area contributed by atoms with Gasteiger partial charge < -0.3 is 48.3 Å². The third kappa shape index (κ3) is 9.39. The third-order valence-corrected chi connectivity index (χ3v) is 5.80. The lowest BCUT2D eigenvalue weighted by molar-refractivity contribution is -0.144. The molecule has 2 aromatic rings. The molecule has 4 unspecified atom stereocenters. The van der Waals surface area contributed by atoms with Gasteiger partial charge in [0.1, 0.15) is 18.1 Å². The maximum absolute atomic E-state index is 13.3. The summed E-state index contributed by atoms with van der Waals surface area (Å²) < 4.78 is 0. The second-order valence-electron chi connectivity index (χ2n) is 8.97. The van der Waals surface area contributed by atoms with Gasteiger partial charge in [0.2, 0.25) is 29.5 Å². The molecule has 0 aliphatic rings. The number of para-hydroxylation sites is 1. The predicted molar refractivity (Wildman–Crippen MR) is 138 cm³/mol. The van der Waals surface area contributed by atoms with Gasteiger partial charge in [0.15, 0.2) is 0 Å².